The maximum absolute atomic E-state index is 12.9. The number of hydrogen-bond acceptors (Lipinski definition) is 7. The molecular weight excluding hydrogens is 475 g/mol. The minimum absolute atomic E-state index is 0.0605. The van der Waals surface area contributed by atoms with Crippen LogP contribution in [-0.4, -0.2) is 36.5 Å². The lowest BCUT2D eigenvalue weighted by atomic mass is 10.2. The monoisotopic (exact) mass is 489 g/mol. The standard InChI is InChI=1S/C18H14F3N3O4S3/c19-18(20,21)28-11-3-5-12(6-4-11)31(26,27)24-8-7-13-15(10-24)30-17(22-13)23-16(25)14-2-1-9-29-14/h1-6,9H,7-8,10H2,(H,22,23,25). The fourth-order valence-electron chi connectivity index (χ4n) is 2.96. The molecule has 0 aliphatic carbocycles. The molecule has 0 atom stereocenters. The van der Waals surface area contributed by atoms with Gasteiger partial charge >= 0.3 is 6.36 Å². The van der Waals surface area contributed by atoms with E-state index in [1.807, 2.05) is 0 Å². The topological polar surface area (TPSA) is 88.6 Å². The predicted octanol–water partition coefficient (Wildman–Crippen LogP) is 4.10. The van der Waals surface area contributed by atoms with Crippen LogP contribution in [0.15, 0.2) is 46.7 Å². The molecule has 0 unspecified atom stereocenters. The maximum atomic E-state index is 12.9. The van der Waals surface area contributed by atoms with E-state index in [1.165, 1.54) is 27.0 Å². The third-order valence-corrected chi connectivity index (χ3v) is 8.08. The number of alkyl halides is 3. The summed E-state index contributed by atoms with van der Waals surface area (Å²) >= 11 is 2.49. The average molecular weight is 490 g/mol. The first-order valence-corrected chi connectivity index (χ1v) is 11.9. The molecule has 1 N–H and O–H groups in total. The van der Waals surface area contributed by atoms with Crippen molar-refractivity contribution in [1.29, 1.82) is 0 Å². The lowest BCUT2D eigenvalue weighted by molar-refractivity contribution is -0.274. The Balaban J connectivity index is 1.47. The highest BCUT2D eigenvalue weighted by atomic mass is 32.2. The van der Waals surface area contributed by atoms with E-state index < -0.39 is 22.1 Å². The second-order valence-corrected chi connectivity index (χ2v) is 10.4. The van der Waals surface area contributed by atoms with Gasteiger partial charge in [0.2, 0.25) is 10.0 Å². The number of halogens is 3. The lowest BCUT2D eigenvalue weighted by Crippen LogP contribution is -2.35. The van der Waals surface area contributed by atoms with E-state index in [0.717, 1.165) is 24.3 Å². The Labute approximate surface area is 183 Å². The van der Waals surface area contributed by atoms with Gasteiger partial charge in [0.05, 0.1) is 22.0 Å². The number of sulfonamides is 1. The number of carbonyl (C=O) groups excluding carboxylic acids is 1. The summed E-state index contributed by atoms with van der Waals surface area (Å²) in [5, 5.41) is 4.89. The molecule has 0 bridgehead atoms. The smallest absolute Gasteiger partial charge is 0.406 e. The number of thiazole rings is 1. The zero-order chi connectivity index (χ0) is 22.2. The van der Waals surface area contributed by atoms with Gasteiger partial charge in [-0.05, 0) is 35.7 Å². The number of thiophene rings is 1. The van der Waals surface area contributed by atoms with E-state index in [2.05, 4.69) is 15.0 Å². The van der Waals surface area contributed by atoms with Crippen molar-refractivity contribution in [3.63, 3.8) is 0 Å². The van der Waals surface area contributed by atoms with E-state index in [1.54, 1.807) is 17.5 Å². The largest absolute Gasteiger partial charge is 0.573 e. The third-order valence-electron chi connectivity index (χ3n) is 4.36. The SMILES string of the molecule is O=C(Nc1nc2c(s1)CN(S(=O)(=O)c1ccc(OC(F)(F)F)cc1)CC2)c1cccs1. The fraction of sp³-hybridized carbons (Fsp3) is 0.222. The number of benzene rings is 1. The third kappa shape index (κ3) is 4.89. The molecule has 0 saturated carbocycles. The van der Waals surface area contributed by atoms with Crippen molar-refractivity contribution in [2.45, 2.75) is 24.2 Å². The second-order valence-electron chi connectivity index (χ2n) is 6.43. The summed E-state index contributed by atoms with van der Waals surface area (Å²) in [7, 11) is -3.92. The zero-order valence-electron chi connectivity index (χ0n) is 15.5. The predicted molar refractivity (Wildman–Crippen MR) is 109 cm³/mol. The van der Waals surface area contributed by atoms with Crippen molar-refractivity contribution in [3.8, 4) is 5.75 Å². The second kappa shape index (κ2) is 8.22. The highest BCUT2D eigenvalue weighted by molar-refractivity contribution is 7.89. The number of anilines is 1. The van der Waals surface area contributed by atoms with E-state index >= 15 is 0 Å². The first-order valence-electron chi connectivity index (χ1n) is 8.81. The molecule has 3 heterocycles. The molecule has 4 rings (SSSR count). The van der Waals surface area contributed by atoms with Crippen molar-refractivity contribution < 1.29 is 31.1 Å². The zero-order valence-corrected chi connectivity index (χ0v) is 18.0. The Bertz CT molecular complexity index is 1190. The number of aromatic nitrogens is 1. The van der Waals surface area contributed by atoms with Gasteiger partial charge < -0.3 is 4.74 Å². The molecule has 1 amide bonds. The van der Waals surface area contributed by atoms with Crippen LogP contribution in [0.3, 0.4) is 0 Å². The van der Waals surface area contributed by atoms with Gasteiger partial charge in [-0.2, -0.15) is 4.31 Å². The average Bonchev–Trinajstić information content (AvgIpc) is 3.36. The summed E-state index contributed by atoms with van der Waals surface area (Å²) in [6.07, 6.45) is -4.50. The Morgan fingerprint density at radius 3 is 2.58 bits per heavy atom. The van der Waals surface area contributed by atoms with Gasteiger partial charge in [-0.1, -0.05) is 6.07 Å². The van der Waals surface area contributed by atoms with Crippen LogP contribution >= 0.6 is 22.7 Å². The fourth-order valence-corrected chi connectivity index (χ4v) is 6.09. The summed E-state index contributed by atoms with van der Waals surface area (Å²) in [6.45, 7) is 0.225. The van der Waals surface area contributed by atoms with Crippen LogP contribution in [0.1, 0.15) is 20.2 Å². The molecule has 31 heavy (non-hydrogen) atoms. The molecule has 13 heteroatoms. The molecule has 164 valence electrons. The Morgan fingerprint density at radius 1 is 1.19 bits per heavy atom. The van der Waals surface area contributed by atoms with E-state index in [9.17, 15) is 26.4 Å². The molecule has 0 fully saturated rings. The Kier molecular flexibility index (Phi) is 5.77. The van der Waals surface area contributed by atoms with Crippen molar-refractivity contribution in [2.75, 3.05) is 11.9 Å². The van der Waals surface area contributed by atoms with E-state index in [0.29, 0.717) is 27.0 Å². The number of ether oxygens (including phenoxy) is 1. The number of carbonyl (C=O) groups is 1. The first-order chi connectivity index (χ1) is 14.6. The van der Waals surface area contributed by atoms with Crippen LogP contribution in [0.2, 0.25) is 0 Å². The summed E-state index contributed by atoms with van der Waals surface area (Å²) in [5.74, 6) is -0.785. The van der Waals surface area contributed by atoms with Gasteiger partial charge in [-0.25, -0.2) is 13.4 Å². The number of amides is 1. The molecule has 0 spiro atoms. The van der Waals surface area contributed by atoms with Crippen molar-refractivity contribution in [2.24, 2.45) is 0 Å². The van der Waals surface area contributed by atoms with Crippen LogP contribution < -0.4 is 10.1 Å². The van der Waals surface area contributed by atoms with Crippen molar-refractivity contribution in [1.82, 2.24) is 9.29 Å². The number of rotatable bonds is 5. The van der Waals surface area contributed by atoms with Crippen molar-refractivity contribution in [3.05, 3.63) is 57.2 Å². The highest BCUT2D eigenvalue weighted by Crippen LogP contribution is 2.32. The molecule has 1 aromatic carbocycles. The molecule has 0 radical (unpaired) electrons. The molecule has 2 aromatic heterocycles. The first kappa shape index (κ1) is 21.7. The summed E-state index contributed by atoms with van der Waals surface area (Å²) in [4.78, 5) is 17.7. The van der Waals surface area contributed by atoms with Gasteiger partial charge in [-0.15, -0.1) is 35.8 Å². The number of nitrogens with zero attached hydrogens (tertiary/aromatic N) is 2. The Morgan fingerprint density at radius 2 is 1.94 bits per heavy atom. The summed E-state index contributed by atoms with van der Waals surface area (Å²) in [6, 6.07) is 7.52. The Hall–Kier alpha value is -2.48. The quantitative estimate of drug-likeness (QED) is 0.583. The molecular formula is C18H14F3N3O4S3. The minimum Gasteiger partial charge on any atom is -0.406 e. The normalized spacial score (nSPS) is 14.8. The van der Waals surface area contributed by atoms with Crippen LogP contribution in [0.5, 0.6) is 5.75 Å². The van der Waals surface area contributed by atoms with Crippen molar-refractivity contribution >= 4 is 43.7 Å². The molecule has 1 aliphatic heterocycles. The van der Waals surface area contributed by atoms with Crippen LogP contribution in [0.4, 0.5) is 18.3 Å². The molecule has 0 saturated heterocycles. The number of nitrogens with one attached hydrogen (secondary N) is 1. The maximum Gasteiger partial charge on any atom is 0.573 e. The lowest BCUT2D eigenvalue weighted by Gasteiger charge is -2.25. The molecule has 7 nitrogen and oxygen atoms in total. The highest BCUT2D eigenvalue weighted by Gasteiger charge is 2.33. The molecule has 3 aromatic rings. The van der Waals surface area contributed by atoms with Crippen LogP contribution in [0.25, 0.3) is 0 Å². The summed E-state index contributed by atoms with van der Waals surface area (Å²) in [5.41, 5.74) is 0.715. The van der Waals surface area contributed by atoms with E-state index in [4.69, 9.17) is 0 Å². The summed E-state index contributed by atoms with van der Waals surface area (Å²) < 4.78 is 67.7. The minimum atomic E-state index is -4.85. The van der Waals surface area contributed by atoms with Gasteiger partial charge in [-0.3, -0.25) is 10.1 Å². The van der Waals surface area contributed by atoms with Gasteiger partial charge in [0.15, 0.2) is 5.13 Å². The number of hydrogen-bond donors (Lipinski definition) is 1. The van der Waals surface area contributed by atoms with Gasteiger partial charge in [0, 0.05) is 17.8 Å². The number of fused-ring (bicyclic) bond motifs is 1. The van der Waals surface area contributed by atoms with Gasteiger partial charge in [0.1, 0.15) is 5.75 Å². The van der Waals surface area contributed by atoms with Crippen LogP contribution in [0, 0.1) is 0 Å². The van der Waals surface area contributed by atoms with Crippen LogP contribution in [-0.2, 0) is 23.0 Å². The van der Waals surface area contributed by atoms with Gasteiger partial charge in [0.25, 0.3) is 5.91 Å². The molecule has 1 aliphatic rings. The van der Waals surface area contributed by atoms with E-state index in [-0.39, 0.29) is 23.9 Å².